The number of nitrogens with zero attached hydrogens (tertiary/aromatic N) is 5. The number of unbranched alkanes of at least 4 members (excludes halogenated alkanes) is 2. The summed E-state index contributed by atoms with van der Waals surface area (Å²) in [5.74, 6) is -7.09. The fourth-order valence-electron chi connectivity index (χ4n) is 10.7. The van der Waals surface area contributed by atoms with Crippen molar-refractivity contribution in [1.82, 2.24) is 30.2 Å². The first-order valence-corrected chi connectivity index (χ1v) is 28.4. The van der Waals surface area contributed by atoms with Crippen LogP contribution in [0.5, 0.6) is 0 Å². The number of carbonyl (C=O) groups excluding carboxylic acids is 7. The molecular weight excluding hydrogens is 1080 g/mol. The SMILES string of the molecule is CC[C@H](C)[C@@H]([C@@H](CC(=O)N1CCCC1[C@H](OC)[C@@H](C)C(=O)N[C@@H](Cc1ccccc1)C(=O)O)OC)N(C)C(=O)C(NC(=O)C(C(C)C)N(C)CCc1ccc(N(C)C(=O)CCCCCN2C(=O)C=CC2=O)cc1)C(C)C.O=C(O)C(F)(F)F. The fraction of sp³-hybridized carbons (Fsp3) is 0.617. The Morgan fingerprint density at radius 2 is 1.39 bits per heavy atom. The monoisotopic (exact) mass is 1170 g/mol. The highest BCUT2D eigenvalue weighted by atomic mass is 19.4. The van der Waals surface area contributed by atoms with Gasteiger partial charge in [0.1, 0.15) is 12.1 Å². The zero-order valence-electron chi connectivity index (χ0n) is 50.1. The molecule has 0 bridgehead atoms. The summed E-state index contributed by atoms with van der Waals surface area (Å²) >= 11 is 0. The molecule has 0 spiro atoms. The van der Waals surface area contributed by atoms with E-state index in [1.54, 1.807) is 47.9 Å². The maximum absolute atomic E-state index is 14.7. The van der Waals surface area contributed by atoms with Gasteiger partial charge in [-0.05, 0) is 80.2 Å². The number of likely N-dealkylation sites (tertiary alicyclic amines) is 1. The summed E-state index contributed by atoms with van der Waals surface area (Å²) in [5, 5.41) is 22.9. The molecule has 23 heteroatoms. The topological polar surface area (TPSA) is 253 Å². The number of methoxy groups -OCH3 is 2. The normalized spacial score (nSPS) is 17.3. The number of carboxylic acid groups (broad SMARTS) is 2. The molecule has 0 aromatic heterocycles. The van der Waals surface area contributed by atoms with Crippen molar-refractivity contribution in [1.29, 1.82) is 0 Å². The van der Waals surface area contributed by atoms with Gasteiger partial charge in [0, 0.05) is 78.6 Å². The Morgan fingerprint density at radius 1 is 0.783 bits per heavy atom. The van der Waals surface area contributed by atoms with Crippen LogP contribution in [0.3, 0.4) is 0 Å². The zero-order chi connectivity index (χ0) is 62.5. The van der Waals surface area contributed by atoms with Crippen molar-refractivity contribution >= 4 is 59.0 Å². The number of anilines is 1. The van der Waals surface area contributed by atoms with Crippen LogP contribution in [-0.2, 0) is 65.5 Å². The van der Waals surface area contributed by atoms with E-state index in [1.165, 1.54) is 31.3 Å². The Kier molecular flexibility index (Phi) is 28.5. The number of hydrogen-bond acceptors (Lipinski definition) is 12. The van der Waals surface area contributed by atoms with Crippen molar-refractivity contribution < 1.29 is 76.0 Å². The number of ether oxygens (including phenoxy) is 2. The molecule has 4 N–H and O–H groups in total. The lowest BCUT2D eigenvalue weighted by atomic mass is 9.89. The highest BCUT2D eigenvalue weighted by molar-refractivity contribution is 6.12. The second-order valence-electron chi connectivity index (χ2n) is 22.2. The van der Waals surface area contributed by atoms with Crippen molar-refractivity contribution in [2.45, 2.75) is 161 Å². The van der Waals surface area contributed by atoms with Gasteiger partial charge in [0.05, 0.1) is 42.7 Å². The lowest BCUT2D eigenvalue weighted by Crippen LogP contribution is -2.60. The van der Waals surface area contributed by atoms with Gasteiger partial charge >= 0.3 is 18.1 Å². The highest BCUT2D eigenvalue weighted by Crippen LogP contribution is 2.30. The summed E-state index contributed by atoms with van der Waals surface area (Å²) in [5.41, 5.74) is 2.55. The van der Waals surface area contributed by atoms with E-state index < -0.39 is 72.4 Å². The van der Waals surface area contributed by atoms with Crippen LogP contribution in [0.1, 0.15) is 111 Å². The first-order chi connectivity index (χ1) is 39.0. The van der Waals surface area contributed by atoms with E-state index in [4.69, 9.17) is 19.4 Å². The molecule has 462 valence electrons. The molecule has 2 aliphatic rings. The van der Waals surface area contributed by atoms with Gasteiger partial charge in [-0.2, -0.15) is 13.2 Å². The summed E-state index contributed by atoms with van der Waals surface area (Å²) in [6.07, 6.45) is 0.956. The Morgan fingerprint density at radius 3 is 1.90 bits per heavy atom. The number of likely N-dealkylation sites (N-methyl/N-ethyl adjacent to an activating group) is 2. The largest absolute Gasteiger partial charge is 0.490 e. The van der Waals surface area contributed by atoms with Gasteiger partial charge < -0.3 is 45.0 Å². The van der Waals surface area contributed by atoms with Gasteiger partial charge in [0.2, 0.25) is 29.5 Å². The predicted molar refractivity (Wildman–Crippen MR) is 305 cm³/mol. The molecule has 0 saturated carbocycles. The third-order valence-electron chi connectivity index (χ3n) is 15.6. The molecule has 3 unspecified atom stereocenters. The molecule has 0 radical (unpaired) electrons. The molecule has 2 heterocycles. The number of nitrogens with one attached hydrogen (secondary N) is 2. The number of benzene rings is 2. The van der Waals surface area contributed by atoms with Crippen molar-refractivity contribution in [2.24, 2.45) is 23.7 Å². The Bertz CT molecular complexity index is 2500. The summed E-state index contributed by atoms with van der Waals surface area (Å²) in [6, 6.07) is 13.2. The van der Waals surface area contributed by atoms with Crippen molar-refractivity contribution in [3.63, 3.8) is 0 Å². The van der Waals surface area contributed by atoms with E-state index >= 15 is 0 Å². The van der Waals surface area contributed by atoms with E-state index in [2.05, 4.69) is 10.6 Å². The smallest absolute Gasteiger partial charge is 0.480 e. The van der Waals surface area contributed by atoms with E-state index in [-0.39, 0.29) is 66.0 Å². The number of amides is 7. The van der Waals surface area contributed by atoms with Crippen LogP contribution in [-0.4, -0.2) is 187 Å². The van der Waals surface area contributed by atoms with Crippen LogP contribution < -0.4 is 15.5 Å². The van der Waals surface area contributed by atoms with E-state index in [0.29, 0.717) is 71.0 Å². The van der Waals surface area contributed by atoms with Gasteiger partial charge in [-0.25, -0.2) is 9.59 Å². The standard InChI is InChI=1S/C58H87N7O11.C2HF3O2/c1-13-39(6)53(46(75-11)36-50(69)64-33-20-23-45(64)54(76-12)40(7)55(70)59-44(58(73)74)35-42-21-16-14-17-22-42)63(10)57(72)51(37(2)3)60-56(71)52(38(4)5)61(8)34-31-41-25-27-43(28-26-41)62(9)47(66)24-18-15-19-32-65-48(67)29-30-49(65)68;3-2(4,5)1(6)7/h14,16-17,21-22,25-30,37-40,44-46,51-54H,13,15,18-20,23-24,31-36H2,1-12H3,(H,59,70)(H,60,71)(H,73,74);(H,6,7)/t39-,40+,44-,45?,46+,51?,52?,53-,54+;/m0./s1. The number of hydrogen-bond donors (Lipinski definition) is 4. The Hall–Kier alpha value is -6.72. The molecule has 4 rings (SSSR count). The molecule has 1 saturated heterocycles. The number of alkyl halides is 3. The number of aliphatic carboxylic acids is 2. The minimum Gasteiger partial charge on any atom is -0.480 e. The zero-order valence-corrected chi connectivity index (χ0v) is 50.1. The summed E-state index contributed by atoms with van der Waals surface area (Å²) in [6.45, 7) is 14.8. The van der Waals surface area contributed by atoms with Crippen molar-refractivity contribution in [3.05, 3.63) is 77.9 Å². The Balaban J connectivity index is 0.00000241. The van der Waals surface area contributed by atoms with E-state index in [9.17, 15) is 56.6 Å². The van der Waals surface area contributed by atoms with Crippen molar-refractivity contribution in [3.8, 4) is 0 Å². The summed E-state index contributed by atoms with van der Waals surface area (Å²) < 4.78 is 43.7. The number of imide groups is 1. The fourth-order valence-corrected chi connectivity index (χ4v) is 10.7. The Labute approximate surface area is 486 Å². The predicted octanol–water partition coefficient (Wildman–Crippen LogP) is 6.14. The molecule has 20 nitrogen and oxygen atoms in total. The first-order valence-electron chi connectivity index (χ1n) is 28.4. The molecule has 2 aliphatic heterocycles. The molecule has 1 fully saturated rings. The average molecular weight is 1170 g/mol. The van der Waals surface area contributed by atoms with Gasteiger partial charge in [-0.3, -0.25) is 43.4 Å². The maximum Gasteiger partial charge on any atom is 0.490 e. The lowest BCUT2D eigenvalue weighted by Gasteiger charge is -2.41. The van der Waals surface area contributed by atoms with Crippen LogP contribution >= 0.6 is 0 Å². The van der Waals surface area contributed by atoms with Crippen LogP contribution in [0.15, 0.2) is 66.7 Å². The number of carbonyl (C=O) groups is 9. The minimum absolute atomic E-state index is 0.0317. The van der Waals surface area contributed by atoms with Crippen LogP contribution in [0, 0.1) is 23.7 Å². The third kappa shape index (κ3) is 20.8. The minimum atomic E-state index is -5.08. The third-order valence-corrected chi connectivity index (χ3v) is 15.6. The van der Waals surface area contributed by atoms with Crippen molar-refractivity contribution in [2.75, 3.05) is 59.9 Å². The van der Waals surface area contributed by atoms with Crippen LogP contribution in [0.25, 0.3) is 0 Å². The van der Waals surface area contributed by atoms with Gasteiger partial charge in [0.25, 0.3) is 11.8 Å². The summed E-state index contributed by atoms with van der Waals surface area (Å²) in [4.78, 5) is 123. The molecular formula is C60H88F3N7O13. The summed E-state index contributed by atoms with van der Waals surface area (Å²) in [7, 11) is 8.36. The molecule has 2 aromatic carbocycles. The number of halogens is 3. The number of carboxylic acids is 2. The quantitative estimate of drug-likeness (QED) is 0.0489. The van der Waals surface area contributed by atoms with Crippen LogP contribution in [0.2, 0.25) is 0 Å². The highest BCUT2D eigenvalue weighted by Gasteiger charge is 2.44. The average Bonchev–Trinajstić information content (AvgIpc) is 4.31. The molecule has 9 atom stereocenters. The van der Waals surface area contributed by atoms with E-state index in [0.717, 1.165) is 16.8 Å². The first kappa shape index (κ1) is 70.5. The molecule has 83 heavy (non-hydrogen) atoms. The van der Waals surface area contributed by atoms with Gasteiger partial charge in [0.15, 0.2) is 0 Å². The second-order valence-corrected chi connectivity index (χ2v) is 22.2. The maximum atomic E-state index is 14.7. The molecule has 7 amide bonds. The molecule has 2 aromatic rings. The van der Waals surface area contributed by atoms with Gasteiger partial charge in [-0.15, -0.1) is 0 Å². The molecule has 0 aliphatic carbocycles. The number of rotatable bonds is 31. The lowest BCUT2D eigenvalue weighted by molar-refractivity contribution is -0.192. The van der Waals surface area contributed by atoms with Gasteiger partial charge in [-0.1, -0.05) is 104 Å². The second kappa shape index (κ2) is 33.5. The van der Waals surface area contributed by atoms with E-state index in [1.807, 2.05) is 96.0 Å². The van der Waals surface area contributed by atoms with Crippen LogP contribution in [0.4, 0.5) is 18.9 Å².